The Labute approximate surface area is 142 Å². The highest BCUT2D eigenvalue weighted by Gasteiger charge is 2.20. The number of amides is 1. The van der Waals surface area contributed by atoms with Gasteiger partial charge in [-0.25, -0.2) is 8.42 Å². The molecule has 1 amide bonds. The normalized spacial score (nSPS) is 13.1. The molecule has 0 atom stereocenters. The van der Waals surface area contributed by atoms with E-state index in [4.69, 9.17) is 9.47 Å². The van der Waals surface area contributed by atoms with Gasteiger partial charge in [0.2, 0.25) is 5.91 Å². The third-order valence-corrected chi connectivity index (χ3v) is 4.88. The van der Waals surface area contributed by atoms with Crippen molar-refractivity contribution < 1.29 is 22.7 Å². The number of sulfone groups is 1. The van der Waals surface area contributed by atoms with E-state index in [1.807, 2.05) is 0 Å². The van der Waals surface area contributed by atoms with Crippen molar-refractivity contribution in [2.24, 2.45) is 0 Å². The topological polar surface area (TPSA) is 93.7 Å². The molecule has 0 saturated carbocycles. The number of halogens is 1. The van der Waals surface area contributed by atoms with E-state index in [1.165, 1.54) is 12.1 Å². The van der Waals surface area contributed by atoms with Crippen LogP contribution in [0, 0.1) is 0 Å². The Balaban J connectivity index is 0.00000264. The highest BCUT2D eigenvalue weighted by atomic mass is 35.5. The maximum Gasteiger partial charge on any atom is 0.221 e. The molecule has 2 rings (SSSR count). The second-order valence-electron chi connectivity index (χ2n) is 4.83. The predicted molar refractivity (Wildman–Crippen MR) is 88.3 cm³/mol. The fourth-order valence-corrected chi connectivity index (χ4v) is 3.23. The summed E-state index contributed by atoms with van der Waals surface area (Å²) in [7, 11) is -1.76. The molecule has 9 heteroatoms. The van der Waals surface area contributed by atoms with Gasteiger partial charge < -0.3 is 20.1 Å². The van der Waals surface area contributed by atoms with Gasteiger partial charge >= 0.3 is 0 Å². The Morgan fingerprint density at radius 2 is 1.87 bits per heavy atom. The minimum Gasteiger partial charge on any atom is -0.486 e. The van der Waals surface area contributed by atoms with Gasteiger partial charge in [-0.1, -0.05) is 0 Å². The van der Waals surface area contributed by atoms with Crippen LogP contribution in [0.4, 0.5) is 0 Å². The average molecular weight is 365 g/mol. The molecular weight excluding hydrogens is 344 g/mol. The van der Waals surface area contributed by atoms with Gasteiger partial charge in [0.1, 0.15) is 13.2 Å². The SMILES string of the molecule is CNCCNC(=O)CCS(=O)(=O)c1ccc2c(c1)OCCO2.Cl. The summed E-state index contributed by atoms with van der Waals surface area (Å²) >= 11 is 0. The van der Waals surface area contributed by atoms with Gasteiger partial charge in [-0.05, 0) is 19.2 Å². The van der Waals surface area contributed by atoms with Crippen LogP contribution in [0.3, 0.4) is 0 Å². The number of fused-ring (bicyclic) bond motifs is 1. The van der Waals surface area contributed by atoms with E-state index >= 15 is 0 Å². The van der Waals surface area contributed by atoms with E-state index in [-0.39, 0.29) is 35.4 Å². The largest absolute Gasteiger partial charge is 0.486 e. The molecule has 1 aromatic rings. The van der Waals surface area contributed by atoms with Gasteiger partial charge in [-0.3, -0.25) is 4.79 Å². The van der Waals surface area contributed by atoms with Crippen molar-refractivity contribution in [1.82, 2.24) is 10.6 Å². The van der Waals surface area contributed by atoms with Crippen LogP contribution in [0.15, 0.2) is 23.1 Å². The molecule has 0 unspecified atom stereocenters. The number of benzene rings is 1. The first-order valence-corrected chi connectivity index (χ1v) is 8.72. The minimum absolute atomic E-state index is 0. The third kappa shape index (κ3) is 5.56. The van der Waals surface area contributed by atoms with Crippen molar-refractivity contribution >= 4 is 28.2 Å². The van der Waals surface area contributed by atoms with Crippen LogP contribution < -0.4 is 20.1 Å². The minimum atomic E-state index is -3.53. The van der Waals surface area contributed by atoms with Crippen molar-refractivity contribution in [3.63, 3.8) is 0 Å². The first kappa shape index (κ1) is 19.5. The summed E-state index contributed by atoms with van der Waals surface area (Å²) in [5.74, 6) is 0.440. The number of carbonyl (C=O) groups excluding carboxylic acids is 1. The maximum atomic E-state index is 12.3. The smallest absolute Gasteiger partial charge is 0.221 e. The summed E-state index contributed by atoms with van der Waals surface area (Å²) in [6.45, 7) is 1.95. The lowest BCUT2D eigenvalue weighted by Crippen LogP contribution is -2.31. The number of ether oxygens (including phenoxy) is 2. The highest BCUT2D eigenvalue weighted by molar-refractivity contribution is 7.91. The number of hydrogen-bond donors (Lipinski definition) is 2. The van der Waals surface area contributed by atoms with Gasteiger partial charge in [0.05, 0.1) is 10.6 Å². The molecule has 0 spiro atoms. The van der Waals surface area contributed by atoms with Crippen LogP contribution in [0.2, 0.25) is 0 Å². The lowest BCUT2D eigenvalue weighted by molar-refractivity contribution is -0.120. The van der Waals surface area contributed by atoms with Crippen LogP contribution in [-0.2, 0) is 14.6 Å². The van der Waals surface area contributed by atoms with Crippen LogP contribution in [0.5, 0.6) is 11.5 Å². The van der Waals surface area contributed by atoms with Gasteiger partial charge in [0, 0.05) is 25.6 Å². The van der Waals surface area contributed by atoms with Crippen molar-refractivity contribution in [2.75, 3.05) is 39.1 Å². The zero-order chi connectivity index (χ0) is 16.0. The van der Waals surface area contributed by atoms with E-state index in [0.717, 1.165) is 0 Å². The zero-order valence-corrected chi connectivity index (χ0v) is 14.5. The lowest BCUT2D eigenvalue weighted by atomic mass is 10.3. The number of carbonyl (C=O) groups is 1. The van der Waals surface area contributed by atoms with Gasteiger partial charge in [-0.15, -0.1) is 12.4 Å². The molecule has 0 aromatic heterocycles. The van der Waals surface area contributed by atoms with E-state index < -0.39 is 9.84 Å². The van der Waals surface area contributed by atoms with Crippen LogP contribution in [0.1, 0.15) is 6.42 Å². The molecule has 0 aliphatic carbocycles. The summed E-state index contributed by atoms with van der Waals surface area (Å²) in [4.78, 5) is 11.7. The lowest BCUT2D eigenvalue weighted by Gasteiger charge is -2.18. The van der Waals surface area contributed by atoms with E-state index in [9.17, 15) is 13.2 Å². The molecule has 2 N–H and O–H groups in total. The van der Waals surface area contributed by atoms with E-state index in [2.05, 4.69) is 10.6 Å². The Kier molecular flexibility index (Phi) is 7.60. The standard InChI is InChI=1S/C14H20N2O5S.ClH/c1-15-5-6-16-14(17)4-9-22(18,19)11-2-3-12-13(10-11)21-8-7-20-12;/h2-3,10,15H,4-9H2,1H3,(H,16,17);1H. The van der Waals surface area contributed by atoms with Crippen molar-refractivity contribution in [2.45, 2.75) is 11.3 Å². The molecule has 0 fully saturated rings. The molecule has 0 radical (unpaired) electrons. The second-order valence-corrected chi connectivity index (χ2v) is 6.94. The van der Waals surface area contributed by atoms with Crippen molar-refractivity contribution in [1.29, 1.82) is 0 Å². The summed E-state index contributed by atoms with van der Waals surface area (Å²) in [6, 6.07) is 4.50. The van der Waals surface area contributed by atoms with E-state index in [0.29, 0.717) is 37.8 Å². The number of nitrogens with one attached hydrogen (secondary N) is 2. The van der Waals surface area contributed by atoms with Gasteiger partial charge in [0.15, 0.2) is 21.3 Å². The number of rotatable bonds is 7. The van der Waals surface area contributed by atoms with Crippen molar-refractivity contribution in [3.8, 4) is 11.5 Å². The molecule has 1 aromatic carbocycles. The predicted octanol–water partition coefficient (Wildman–Crippen LogP) is 0.379. The molecule has 7 nitrogen and oxygen atoms in total. The molecule has 1 aliphatic heterocycles. The van der Waals surface area contributed by atoms with Gasteiger partial charge in [-0.2, -0.15) is 0 Å². The number of hydrogen-bond acceptors (Lipinski definition) is 6. The summed E-state index contributed by atoms with van der Waals surface area (Å²) in [5, 5.41) is 5.54. The second kappa shape index (κ2) is 8.95. The summed E-state index contributed by atoms with van der Waals surface area (Å²) in [6.07, 6.45) is -0.0690. The average Bonchev–Trinajstić information content (AvgIpc) is 2.53. The van der Waals surface area contributed by atoms with E-state index in [1.54, 1.807) is 13.1 Å². The van der Waals surface area contributed by atoms with Crippen molar-refractivity contribution in [3.05, 3.63) is 18.2 Å². The van der Waals surface area contributed by atoms with Crippen LogP contribution in [-0.4, -0.2) is 53.4 Å². The fourth-order valence-electron chi connectivity index (χ4n) is 1.98. The molecule has 23 heavy (non-hydrogen) atoms. The molecule has 1 heterocycles. The monoisotopic (exact) mass is 364 g/mol. The third-order valence-electron chi connectivity index (χ3n) is 3.17. The Hall–Kier alpha value is -1.51. The fraction of sp³-hybridized carbons (Fsp3) is 0.500. The Morgan fingerprint density at radius 1 is 1.17 bits per heavy atom. The molecule has 130 valence electrons. The zero-order valence-electron chi connectivity index (χ0n) is 12.8. The Bertz CT molecular complexity index is 636. The molecular formula is C14H21ClN2O5S. The molecule has 1 aliphatic rings. The first-order chi connectivity index (χ1) is 10.5. The van der Waals surface area contributed by atoms with Crippen LogP contribution in [0.25, 0.3) is 0 Å². The van der Waals surface area contributed by atoms with Crippen LogP contribution >= 0.6 is 12.4 Å². The number of likely N-dealkylation sites (N-methyl/N-ethyl adjacent to an activating group) is 1. The Morgan fingerprint density at radius 3 is 2.57 bits per heavy atom. The molecule has 0 bridgehead atoms. The summed E-state index contributed by atoms with van der Waals surface area (Å²) in [5.41, 5.74) is 0. The first-order valence-electron chi connectivity index (χ1n) is 7.06. The highest BCUT2D eigenvalue weighted by Crippen LogP contribution is 2.32. The summed E-state index contributed by atoms with van der Waals surface area (Å²) < 4.78 is 35.3. The molecule has 0 saturated heterocycles. The quantitative estimate of drug-likeness (QED) is 0.679. The van der Waals surface area contributed by atoms with Gasteiger partial charge in [0.25, 0.3) is 0 Å². The maximum absolute atomic E-state index is 12.3.